The molecule has 0 spiro atoms. The van der Waals surface area contributed by atoms with Gasteiger partial charge >= 0.3 is 0 Å². The molecule has 0 aromatic heterocycles. The molecule has 1 aliphatic heterocycles. The number of para-hydroxylation sites is 2. The Morgan fingerprint density at radius 2 is 1.91 bits per heavy atom. The maximum atomic E-state index is 11.8. The summed E-state index contributed by atoms with van der Waals surface area (Å²) < 4.78 is 5.48. The molecule has 0 aliphatic carbocycles. The van der Waals surface area contributed by atoms with Crippen LogP contribution in [0.15, 0.2) is 24.3 Å². The molecule has 6 nitrogen and oxygen atoms in total. The Balaban J connectivity index is 1.74. The number of carbonyl (C=O) groups excluding carboxylic acids is 2. The van der Waals surface area contributed by atoms with Gasteiger partial charge in [-0.05, 0) is 31.9 Å². The van der Waals surface area contributed by atoms with Gasteiger partial charge in [-0.1, -0.05) is 12.1 Å². The van der Waals surface area contributed by atoms with Crippen LogP contribution in [0.25, 0.3) is 0 Å². The van der Waals surface area contributed by atoms with Crippen molar-refractivity contribution in [2.75, 3.05) is 38.1 Å². The second kappa shape index (κ2) is 8.26. The Kier molecular flexibility index (Phi) is 6.06. The summed E-state index contributed by atoms with van der Waals surface area (Å²) in [6.45, 7) is 4.25. The predicted octanol–water partition coefficient (Wildman–Crippen LogP) is 1.24. The van der Waals surface area contributed by atoms with Crippen LogP contribution in [-0.2, 0) is 9.59 Å². The summed E-state index contributed by atoms with van der Waals surface area (Å²) in [7, 11) is 0. The number of rotatable bonds is 7. The first-order chi connectivity index (χ1) is 10.7. The average Bonchev–Trinajstić information content (AvgIpc) is 3.06. The standard InChI is InChI=1S/C16H23N3O3/c1-2-22-14-8-4-3-7-13(14)17-11-15(20)18-12-16(21)19-9-5-6-10-19/h3-4,7-8,17H,2,5-6,9-12H2,1H3,(H,18,20). The molecule has 1 aromatic rings. The summed E-state index contributed by atoms with van der Waals surface area (Å²) in [6.07, 6.45) is 2.10. The molecule has 2 amide bonds. The van der Waals surface area contributed by atoms with Gasteiger partial charge < -0.3 is 20.3 Å². The Bertz CT molecular complexity index is 513. The van der Waals surface area contributed by atoms with E-state index < -0.39 is 0 Å². The van der Waals surface area contributed by atoms with Crippen LogP contribution in [0.5, 0.6) is 5.75 Å². The highest BCUT2D eigenvalue weighted by atomic mass is 16.5. The van der Waals surface area contributed by atoms with Crippen molar-refractivity contribution >= 4 is 17.5 Å². The second-order valence-corrected chi connectivity index (χ2v) is 5.15. The van der Waals surface area contributed by atoms with Gasteiger partial charge in [0.2, 0.25) is 11.8 Å². The summed E-state index contributed by atoms with van der Waals surface area (Å²) in [5.74, 6) is 0.491. The van der Waals surface area contributed by atoms with E-state index in [9.17, 15) is 9.59 Å². The molecule has 0 bridgehead atoms. The van der Waals surface area contributed by atoms with Gasteiger partial charge in [0, 0.05) is 13.1 Å². The molecule has 22 heavy (non-hydrogen) atoms. The lowest BCUT2D eigenvalue weighted by molar-refractivity contribution is -0.131. The van der Waals surface area contributed by atoms with Gasteiger partial charge in [-0.25, -0.2) is 0 Å². The van der Waals surface area contributed by atoms with Crippen LogP contribution in [-0.4, -0.2) is 49.5 Å². The van der Waals surface area contributed by atoms with Gasteiger partial charge in [-0.3, -0.25) is 9.59 Å². The minimum atomic E-state index is -0.209. The highest BCUT2D eigenvalue weighted by Crippen LogP contribution is 2.23. The van der Waals surface area contributed by atoms with Gasteiger partial charge in [0.25, 0.3) is 0 Å². The Labute approximate surface area is 130 Å². The van der Waals surface area contributed by atoms with Gasteiger partial charge in [0.05, 0.1) is 25.4 Å². The van der Waals surface area contributed by atoms with Crippen molar-refractivity contribution in [3.8, 4) is 5.75 Å². The molecule has 6 heteroatoms. The van der Waals surface area contributed by atoms with Crippen molar-refractivity contribution < 1.29 is 14.3 Å². The minimum absolute atomic E-state index is 0.0134. The van der Waals surface area contributed by atoms with E-state index in [-0.39, 0.29) is 24.9 Å². The van der Waals surface area contributed by atoms with Crippen molar-refractivity contribution in [1.82, 2.24) is 10.2 Å². The number of ether oxygens (including phenoxy) is 1. The highest BCUT2D eigenvalue weighted by molar-refractivity contribution is 5.87. The topological polar surface area (TPSA) is 70.7 Å². The number of anilines is 1. The minimum Gasteiger partial charge on any atom is -0.492 e. The van der Waals surface area contributed by atoms with Gasteiger partial charge in [-0.2, -0.15) is 0 Å². The van der Waals surface area contributed by atoms with Gasteiger partial charge in [0.15, 0.2) is 0 Å². The molecule has 2 N–H and O–H groups in total. The van der Waals surface area contributed by atoms with Crippen molar-refractivity contribution in [3.05, 3.63) is 24.3 Å². The first-order valence-corrected chi connectivity index (χ1v) is 7.71. The smallest absolute Gasteiger partial charge is 0.241 e. The molecular weight excluding hydrogens is 282 g/mol. The lowest BCUT2D eigenvalue weighted by Gasteiger charge is -2.16. The van der Waals surface area contributed by atoms with E-state index in [4.69, 9.17) is 4.74 Å². The molecule has 1 aromatic carbocycles. The normalized spacial score (nSPS) is 13.8. The van der Waals surface area contributed by atoms with E-state index in [0.29, 0.717) is 12.4 Å². The maximum Gasteiger partial charge on any atom is 0.241 e. The van der Waals surface area contributed by atoms with Crippen LogP contribution >= 0.6 is 0 Å². The van der Waals surface area contributed by atoms with Crippen LogP contribution in [0.3, 0.4) is 0 Å². The van der Waals surface area contributed by atoms with Crippen LogP contribution in [0.1, 0.15) is 19.8 Å². The fourth-order valence-corrected chi connectivity index (χ4v) is 2.38. The quantitative estimate of drug-likeness (QED) is 0.795. The van der Waals surface area contributed by atoms with Crippen molar-refractivity contribution in [2.45, 2.75) is 19.8 Å². The molecule has 1 fully saturated rings. The van der Waals surface area contributed by atoms with Crippen LogP contribution in [0.4, 0.5) is 5.69 Å². The highest BCUT2D eigenvalue weighted by Gasteiger charge is 2.18. The number of carbonyl (C=O) groups is 2. The molecule has 1 aliphatic rings. The predicted molar refractivity (Wildman–Crippen MR) is 84.9 cm³/mol. The Morgan fingerprint density at radius 1 is 1.18 bits per heavy atom. The number of amides is 2. The summed E-state index contributed by atoms with van der Waals surface area (Å²) in [4.78, 5) is 25.4. The third-order valence-corrected chi connectivity index (χ3v) is 3.52. The zero-order valence-corrected chi connectivity index (χ0v) is 12.9. The molecule has 2 rings (SSSR count). The molecule has 0 radical (unpaired) electrons. The van der Waals surface area contributed by atoms with Crippen molar-refractivity contribution in [2.24, 2.45) is 0 Å². The summed E-state index contributed by atoms with van der Waals surface area (Å²) >= 11 is 0. The fraction of sp³-hybridized carbons (Fsp3) is 0.500. The number of benzene rings is 1. The van der Waals surface area contributed by atoms with E-state index in [0.717, 1.165) is 31.6 Å². The molecule has 1 saturated heterocycles. The first-order valence-electron chi connectivity index (χ1n) is 7.71. The molecule has 0 saturated carbocycles. The SMILES string of the molecule is CCOc1ccccc1NCC(=O)NCC(=O)N1CCCC1. The largest absolute Gasteiger partial charge is 0.492 e. The van der Waals surface area contributed by atoms with Gasteiger partial charge in [0.1, 0.15) is 5.75 Å². The number of nitrogens with zero attached hydrogens (tertiary/aromatic N) is 1. The molecule has 0 unspecified atom stereocenters. The zero-order chi connectivity index (χ0) is 15.8. The van der Waals surface area contributed by atoms with Crippen molar-refractivity contribution in [1.29, 1.82) is 0 Å². The second-order valence-electron chi connectivity index (χ2n) is 5.15. The third-order valence-electron chi connectivity index (χ3n) is 3.52. The molecule has 120 valence electrons. The summed E-state index contributed by atoms with van der Waals surface area (Å²) in [5.41, 5.74) is 0.769. The van der Waals surface area contributed by atoms with E-state index in [1.165, 1.54) is 0 Å². The molecular formula is C16H23N3O3. The van der Waals surface area contributed by atoms with Crippen LogP contribution in [0.2, 0.25) is 0 Å². The van der Waals surface area contributed by atoms with E-state index in [1.54, 1.807) is 4.90 Å². The number of nitrogens with one attached hydrogen (secondary N) is 2. The molecule has 0 atom stereocenters. The zero-order valence-electron chi connectivity index (χ0n) is 12.9. The Morgan fingerprint density at radius 3 is 2.64 bits per heavy atom. The van der Waals surface area contributed by atoms with E-state index in [1.807, 2.05) is 31.2 Å². The summed E-state index contributed by atoms with van der Waals surface area (Å²) in [5, 5.41) is 5.68. The summed E-state index contributed by atoms with van der Waals surface area (Å²) in [6, 6.07) is 7.46. The van der Waals surface area contributed by atoms with E-state index in [2.05, 4.69) is 10.6 Å². The Hall–Kier alpha value is -2.24. The lowest BCUT2D eigenvalue weighted by atomic mass is 10.3. The van der Waals surface area contributed by atoms with Crippen molar-refractivity contribution in [3.63, 3.8) is 0 Å². The van der Waals surface area contributed by atoms with Crippen LogP contribution in [0, 0.1) is 0 Å². The molecule has 1 heterocycles. The number of hydrogen-bond donors (Lipinski definition) is 2. The number of likely N-dealkylation sites (tertiary alicyclic amines) is 1. The van der Waals surface area contributed by atoms with Crippen LogP contribution < -0.4 is 15.4 Å². The average molecular weight is 305 g/mol. The van der Waals surface area contributed by atoms with E-state index >= 15 is 0 Å². The lowest BCUT2D eigenvalue weighted by Crippen LogP contribution is -2.40. The number of hydrogen-bond acceptors (Lipinski definition) is 4. The first kappa shape index (κ1) is 16.1. The van der Waals surface area contributed by atoms with Gasteiger partial charge in [-0.15, -0.1) is 0 Å². The monoisotopic (exact) mass is 305 g/mol. The fourth-order valence-electron chi connectivity index (χ4n) is 2.38. The third kappa shape index (κ3) is 4.65. The maximum absolute atomic E-state index is 11.8.